The van der Waals surface area contributed by atoms with Crippen molar-refractivity contribution < 1.29 is 0 Å². The van der Waals surface area contributed by atoms with Crippen LogP contribution < -0.4 is 5.32 Å². The van der Waals surface area contributed by atoms with Gasteiger partial charge >= 0.3 is 0 Å². The minimum atomic E-state index is 0.849. The van der Waals surface area contributed by atoms with Crippen molar-refractivity contribution in [2.24, 2.45) is 0 Å². The molecule has 0 aliphatic heterocycles. The van der Waals surface area contributed by atoms with Crippen LogP contribution in [-0.2, 0) is 6.54 Å². The van der Waals surface area contributed by atoms with Gasteiger partial charge in [0.1, 0.15) is 0 Å². The van der Waals surface area contributed by atoms with Gasteiger partial charge in [-0.2, -0.15) is 0 Å². The first kappa shape index (κ1) is 13.4. The van der Waals surface area contributed by atoms with E-state index >= 15 is 0 Å². The maximum Gasteiger partial charge on any atom is 0.0231 e. The van der Waals surface area contributed by atoms with Crippen LogP contribution in [-0.4, -0.2) is 11.8 Å². The Balaban J connectivity index is 1.97. The summed E-state index contributed by atoms with van der Waals surface area (Å²) in [5.41, 5.74) is 1.35. The van der Waals surface area contributed by atoms with Crippen LogP contribution in [0.3, 0.4) is 0 Å². The lowest BCUT2D eigenvalue weighted by molar-refractivity contribution is 0.724. The molecule has 2 rings (SSSR count). The highest BCUT2D eigenvalue weighted by Gasteiger charge is 2.16. The topological polar surface area (TPSA) is 12.0 Å². The predicted molar refractivity (Wildman–Crippen MR) is 79.6 cm³/mol. The summed E-state index contributed by atoms with van der Waals surface area (Å²) in [4.78, 5) is 1.41. The van der Waals surface area contributed by atoms with Crippen LogP contribution in [0.2, 0.25) is 0 Å². The van der Waals surface area contributed by atoms with E-state index in [2.05, 4.69) is 46.4 Å². The third kappa shape index (κ3) is 4.01. The zero-order chi connectivity index (χ0) is 12.1. The molecular formula is C14H20BrNS. The van der Waals surface area contributed by atoms with Crippen molar-refractivity contribution in [1.82, 2.24) is 5.32 Å². The molecule has 0 atom stereocenters. The molecule has 1 aliphatic rings. The van der Waals surface area contributed by atoms with Gasteiger partial charge in [-0.1, -0.05) is 41.8 Å². The van der Waals surface area contributed by atoms with Gasteiger partial charge in [-0.3, -0.25) is 0 Å². The van der Waals surface area contributed by atoms with Gasteiger partial charge in [-0.05, 0) is 37.1 Å². The molecule has 1 N–H and O–H groups in total. The van der Waals surface area contributed by atoms with Gasteiger partial charge in [-0.25, -0.2) is 0 Å². The lowest BCUT2D eigenvalue weighted by Gasteiger charge is -2.11. The Morgan fingerprint density at radius 3 is 2.76 bits per heavy atom. The maximum absolute atomic E-state index is 3.67. The van der Waals surface area contributed by atoms with Crippen molar-refractivity contribution >= 4 is 27.7 Å². The average molecular weight is 314 g/mol. The summed E-state index contributed by atoms with van der Waals surface area (Å²) in [6.07, 6.45) is 5.61. The summed E-state index contributed by atoms with van der Waals surface area (Å²) in [5.74, 6) is 0. The minimum Gasteiger partial charge on any atom is -0.313 e. The molecule has 0 bridgehead atoms. The van der Waals surface area contributed by atoms with Gasteiger partial charge in [0.15, 0.2) is 0 Å². The summed E-state index contributed by atoms with van der Waals surface area (Å²) in [7, 11) is 0. The van der Waals surface area contributed by atoms with Gasteiger partial charge in [0, 0.05) is 21.2 Å². The predicted octanol–water partition coefficient (Wildman–Crippen LogP) is 4.59. The highest BCUT2D eigenvalue weighted by atomic mass is 79.9. The van der Waals surface area contributed by atoms with E-state index in [1.165, 1.54) is 40.6 Å². The highest BCUT2D eigenvalue weighted by molar-refractivity contribution is 9.10. The lowest BCUT2D eigenvalue weighted by Crippen LogP contribution is -2.12. The molecule has 0 aromatic heterocycles. The van der Waals surface area contributed by atoms with Crippen LogP contribution in [0, 0.1) is 0 Å². The fourth-order valence-corrected chi connectivity index (χ4v) is 4.16. The third-order valence-electron chi connectivity index (χ3n) is 3.19. The minimum absolute atomic E-state index is 0.849. The Labute approximate surface area is 117 Å². The summed E-state index contributed by atoms with van der Waals surface area (Å²) in [5, 5.41) is 4.21. The SMILES string of the molecule is CCNCc1ccc(SC2CCCC2)cc1Br. The van der Waals surface area contributed by atoms with Crippen LogP contribution in [0.4, 0.5) is 0 Å². The summed E-state index contributed by atoms with van der Waals surface area (Å²) in [6, 6.07) is 6.78. The molecule has 0 amide bonds. The standard InChI is InChI=1S/C14H20BrNS/c1-2-16-10-11-7-8-13(9-14(11)15)17-12-5-3-4-6-12/h7-9,12,16H,2-6,10H2,1H3. The first-order valence-electron chi connectivity index (χ1n) is 6.45. The van der Waals surface area contributed by atoms with Gasteiger partial charge in [0.25, 0.3) is 0 Å². The number of rotatable bonds is 5. The van der Waals surface area contributed by atoms with Crippen LogP contribution in [0.15, 0.2) is 27.6 Å². The van der Waals surface area contributed by atoms with Crippen LogP contribution in [0.5, 0.6) is 0 Å². The Morgan fingerprint density at radius 1 is 1.35 bits per heavy atom. The zero-order valence-electron chi connectivity index (χ0n) is 10.3. The fourth-order valence-electron chi connectivity index (χ4n) is 2.20. The van der Waals surface area contributed by atoms with Gasteiger partial charge in [-0.15, -0.1) is 11.8 Å². The van der Waals surface area contributed by atoms with Gasteiger partial charge < -0.3 is 5.32 Å². The average Bonchev–Trinajstić information content (AvgIpc) is 2.81. The van der Waals surface area contributed by atoms with E-state index in [0.717, 1.165) is 18.3 Å². The third-order valence-corrected chi connectivity index (χ3v) is 5.26. The molecule has 94 valence electrons. The number of nitrogens with one attached hydrogen (secondary N) is 1. The Kier molecular flexibility index (Phi) is 5.39. The van der Waals surface area contributed by atoms with E-state index < -0.39 is 0 Å². The number of thioether (sulfide) groups is 1. The lowest BCUT2D eigenvalue weighted by atomic mass is 10.2. The maximum atomic E-state index is 3.67. The molecule has 0 radical (unpaired) electrons. The van der Waals surface area contributed by atoms with Crippen molar-refractivity contribution in [3.05, 3.63) is 28.2 Å². The van der Waals surface area contributed by atoms with Crippen molar-refractivity contribution in [2.75, 3.05) is 6.54 Å². The molecule has 17 heavy (non-hydrogen) atoms. The molecule has 1 saturated carbocycles. The van der Waals surface area contributed by atoms with Gasteiger partial charge in [0.05, 0.1) is 0 Å². The van der Waals surface area contributed by atoms with E-state index in [1.807, 2.05) is 11.8 Å². The molecule has 1 fully saturated rings. The molecule has 1 aliphatic carbocycles. The van der Waals surface area contributed by atoms with Crippen LogP contribution in [0.25, 0.3) is 0 Å². The van der Waals surface area contributed by atoms with E-state index in [4.69, 9.17) is 0 Å². The van der Waals surface area contributed by atoms with E-state index in [0.29, 0.717) is 0 Å². The van der Waals surface area contributed by atoms with E-state index in [9.17, 15) is 0 Å². The zero-order valence-corrected chi connectivity index (χ0v) is 12.7. The molecule has 1 aromatic carbocycles. The number of hydrogen-bond donors (Lipinski definition) is 1. The summed E-state index contributed by atoms with van der Waals surface area (Å²) < 4.78 is 1.24. The van der Waals surface area contributed by atoms with E-state index in [1.54, 1.807) is 0 Å². The van der Waals surface area contributed by atoms with Crippen molar-refractivity contribution in [3.8, 4) is 0 Å². The number of halogens is 1. The second kappa shape index (κ2) is 6.81. The largest absolute Gasteiger partial charge is 0.313 e. The summed E-state index contributed by atoms with van der Waals surface area (Å²) >= 11 is 5.72. The van der Waals surface area contributed by atoms with Crippen LogP contribution in [0.1, 0.15) is 38.2 Å². The Morgan fingerprint density at radius 2 is 2.12 bits per heavy atom. The second-order valence-corrected chi connectivity index (χ2v) is 6.79. The quantitative estimate of drug-likeness (QED) is 0.853. The summed E-state index contributed by atoms with van der Waals surface area (Å²) in [6.45, 7) is 4.11. The van der Waals surface area contributed by atoms with Gasteiger partial charge in [0.2, 0.25) is 0 Å². The molecular weight excluding hydrogens is 294 g/mol. The molecule has 0 unspecified atom stereocenters. The second-order valence-electron chi connectivity index (χ2n) is 4.56. The molecule has 0 saturated heterocycles. The van der Waals surface area contributed by atoms with Crippen molar-refractivity contribution in [1.29, 1.82) is 0 Å². The molecule has 1 aromatic rings. The fraction of sp³-hybridized carbons (Fsp3) is 0.571. The normalized spacial score (nSPS) is 16.6. The number of hydrogen-bond acceptors (Lipinski definition) is 2. The Bertz CT molecular complexity index is 361. The molecule has 0 heterocycles. The number of benzene rings is 1. The smallest absolute Gasteiger partial charge is 0.0231 e. The molecule has 3 heteroatoms. The van der Waals surface area contributed by atoms with Crippen molar-refractivity contribution in [2.45, 2.75) is 49.3 Å². The van der Waals surface area contributed by atoms with E-state index in [-0.39, 0.29) is 0 Å². The molecule has 1 nitrogen and oxygen atoms in total. The monoisotopic (exact) mass is 313 g/mol. The molecule has 0 spiro atoms. The Hall–Kier alpha value is 0.01000. The first-order valence-corrected chi connectivity index (χ1v) is 8.12. The van der Waals surface area contributed by atoms with Crippen molar-refractivity contribution in [3.63, 3.8) is 0 Å². The first-order chi connectivity index (χ1) is 8.29. The van der Waals surface area contributed by atoms with Crippen LogP contribution >= 0.6 is 27.7 Å². The highest BCUT2D eigenvalue weighted by Crippen LogP contribution is 2.36.